The number of benzene rings is 1. The summed E-state index contributed by atoms with van der Waals surface area (Å²) in [5.41, 5.74) is 2.43. The van der Waals surface area contributed by atoms with Crippen molar-refractivity contribution in [2.75, 3.05) is 18.0 Å². The van der Waals surface area contributed by atoms with E-state index >= 15 is 0 Å². The maximum Gasteiger partial charge on any atom is 0.126 e. The highest BCUT2D eigenvalue weighted by atomic mass is 19.1. The van der Waals surface area contributed by atoms with Gasteiger partial charge < -0.3 is 10.0 Å². The number of aryl methyl sites for hydroxylation is 1. The van der Waals surface area contributed by atoms with Gasteiger partial charge in [-0.15, -0.1) is 0 Å². The summed E-state index contributed by atoms with van der Waals surface area (Å²) in [6.07, 6.45) is 6.05. The van der Waals surface area contributed by atoms with Gasteiger partial charge in [0.15, 0.2) is 0 Å². The van der Waals surface area contributed by atoms with E-state index in [1.807, 2.05) is 6.07 Å². The second-order valence-corrected chi connectivity index (χ2v) is 6.88. The minimum atomic E-state index is -0.626. The Balaban J connectivity index is 1.87. The first-order chi connectivity index (χ1) is 10.1. The van der Waals surface area contributed by atoms with Gasteiger partial charge in [0, 0.05) is 24.3 Å². The fraction of sp³-hybridized carbons (Fsp3) is 0.667. The number of fused-ring (bicyclic) bond motifs is 1. The Morgan fingerprint density at radius 3 is 2.62 bits per heavy atom. The third-order valence-corrected chi connectivity index (χ3v) is 5.39. The molecule has 1 N–H and O–H groups in total. The van der Waals surface area contributed by atoms with Crippen LogP contribution in [-0.2, 0) is 0 Å². The molecule has 2 fully saturated rings. The fourth-order valence-corrected chi connectivity index (χ4v) is 4.11. The Morgan fingerprint density at radius 1 is 1.19 bits per heavy atom. The Bertz CT molecular complexity index is 514. The molecule has 0 bridgehead atoms. The van der Waals surface area contributed by atoms with E-state index in [9.17, 15) is 9.50 Å². The van der Waals surface area contributed by atoms with Gasteiger partial charge in [0.05, 0.1) is 6.10 Å². The van der Waals surface area contributed by atoms with Crippen molar-refractivity contribution in [2.45, 2.75) is 52.1 Å². The van der Waals surface area contributed by atoms with E-state index in [4.69, 9.17) is 0 Å². The van der Waals surface area contributed by atoms with E-state index in [1.54, 1.807) is 13.8 Å². The number of anilines is 1. The predicted molar refractivity (Wildman–Crippen MR) is 84.0 cm³/mol. The number of halogens is 1. The second kappa shape index (κ2) is 5.96. The SMILES string of the molecule is Cc1cc(N2CCC3CCCCC3C2)c(C(C)O)cc1F. The third-order valence-electron chi connectivity index (χ3n) is 5.39. The lowest BCUT2D eigenvalue weighted by Gasteiger charge is -2.43. The van der Waals surface area contributed by atoms with Crippen LogP contribution in [0.3, 0.4) is 0 Å². The first-order valence-electron chi connectivity index (χ1n) is 8.29. The van der Waals surface area contributed by atoms with Crippen molar-refractivity contribution in [3.8, 4) is 0 Å². The zero-order valence-corrected chi connectivity index (χ0v) is 13.1. The minimum absolute atomic E-state index is 0.220. The minimum Gasteiger partial charge on any atom is -0.389 e. The molecule has 3 heteroatoms. The molecular weight excluding hydrogens is 265 g/mol. The molecule has 2 nitrogen and oxygen atoms in total. The number of hydrogen-bond donors (Lipinski definition) is 1. The first-order valence-corrected chi connectivity index (χ1v) is 8.29. The molecule has 116 valence electrons. The summed E-state index contributed by atoms with van der Waals surface area (Å²) < 4.78 is 13.8. The molecule has 1 aliphatic heterocycles. The van der Waals surface area contributed by atoms with Gasteiger partial charge in [-0.3, -0.25) is 0 Å². The molecule has 0 radical (unpaired) electrons. The maximum atomic E-state index is 13.8. The van der Waals surface area contributed by atoms with Gasteiger partial charge in [0.25, 0.3) is 0 Å². The summed E-state index contributed by atoms with van der Waals surface area (Å²) >= 11 is 0. The first kappa shape index (κ1) is 14.8. The Morgan fingerprint density at radius 2 is 1.90 bits per heavy atom. The quantitative estimate of drug-likeness (QED) is 0.882. The van der Waals surface area contributed by atoms with Crippen molar-refractivity contribution in [1.82, 2.24) is 0 Å². The maximum absolute atomic E-state index is 13.8. The van der Waals surface area contributed by atoms with Gasteiger partial charge in [-0.05, 0) is 56.2 Å². The number of aliphatic hydroxyl groups is 1. The Labute approximate surface area is 127 Å². The molecule has 1 heterocycles. The molecule has 1 aromatic rings. The lowest BCUT2D eigenvalue weighted by Crippen LogP contribution is -2.42. The zero-order chi connectivity index (χ0) is 15.0. The Kier molecular flexibility index (Phi) is 4.21. The van der Waals surface area contributed by atoms with Gasteiger partial charge in [-0.25, -0.2) is 4.39 Å². The van der Waals surface area contributed by atoms with Gasteiger partial charge in [-0.2, -0.15) is 0 Å². The normalized spacial score (nSPS) is 27.3. The average Bonchev–Trinajstić information content (AvgIpc) is 2.49. The van der Waals surface area contributed by atoms with E-state index in [-0.39, 0.29) is 5.82 Å². The summed E-state index contributed by atoms with van der Waals surface area (Å²) in [7, 11) is 0. The molecule has 0 aromatic heterocycles. The van der Waals surface area contributed by atoms with Crippen LogP contribution in [0.4, 0.5) is 10.1 Å². The number of hydrogen-bond acceptors (Lipinski definition) is 2. The van der Waals surface area contributed by atoms with Crippen LogP contribution in [0.25, 0.3) is 0 Å². The standard InChI is InChI=1S/C18H26FNO/c1-12-9-18(16(13(2)21)10-17(12)19)20-8-7-14-5-3-4-6-15(14)11-20/h9-10,13-15,21H,3-8,11H2,1-2H3. The molecule has 1 aromatic carbocycles. The molecule has 3 unspecified atom stereocenters. The molecule has 3 atom stereocenters. The molecule has 1 aliphatic carbocycles. The molecule has 21 heavy (non-hydrogen) atoms. The van der Waals surface area contributed by atoms with E-state index < -0.39 is 6.10 Å². The van der Waals surface area contributed by atoms with Crippen LogP contribution in [-0.4, -0.2) is 18.2 Å². The molecule has 0 amide bonds. The van der Waals surface area contributed by atoms with Crippen molar-refractivity contribution in [2.24, 2.45) is 11.8 Å². The van der Waals surface area contributed by atoms with Crippen LogP contribution in [0.1, 0.15) is 56.3 Å². The monoisotopic (exact) mass is 291 g/mol. The van der Waals surface area contributed by atoms with Crippen LogP contribution in [0.15, 0.2) is 12.1 Å². The highest BCUT2D eigenvalue weighted by Crippen LogP contribution is 2.39. The third kappa shape index (κ3) is 2.94. The average molecular weight is 291 g/mol. The summed E-state index contributed by atoms with van der Waals surface area (Å²) in [5.74, 6) is 1.44. The van der Waals surface area contributed by atoms with Gasteiger partial charge >= 0.3 is 0 Å². The van der Waals surface area contributed by atoms with Crippen molar-refractivity contribution < 1.29 is 9.50 Å². The second-order valence-electron chi connectivity index (χ2n) is 6.88. The number of piperidine rings is 1. The van der Waals surface area contributed by atoms with Crippen molar-refractivity contribution in [3.05, 3.63) is 29.1 Å². The van der Waals surface area contributed by atoms with Crippen molar-refractivity contribution in [3.63, 3.8) is 0 Å². The van der Waals surface area contributed by atoms with Crippen molar-refractivity contribution >= 4 is 5.69 Å². The van der Waals surface area contributed by atoms with Crippen LogP contribution in [0.2, 0.25) is 0 Å². The lowest BCUT2D eigenvalue weighted by atomic mass is 9.75. The fourth-order valence-electron chi connectivity index (χ4n) is 4.11. The summed E-state index contributed by atoms with van der Waals surface area (Å²) in [6, 6.07) is 3.43. The number of nitrogens with zero attached hydrogens (tertiary/aromatic N) is 1. The van der Waals surface area contributed by atoms with Crippen LogP contribution in [0, 0.1) is 24.6 Å². The number of aliphatic hydroxyl groups excluding tert-OH is 1. The summed E-state index contributed by atoms with van der Waals surface area (Å²) in [5, 5.41) is 9.99. The van der Waals surface area contributed by atoms with Crippen LogP contribution < -0.4 is 4.90 Å². The predicted octanol–water partition coefficient (Wildman–Crippen LogP) is 4.20. The van der Waals surface area contributed by atoms with E-state index in [0.717, 1.165) is 36.2 Å². The zero-order valence-electron chi connectivity index (χ0n) is 13.1. The van der Waals surface area contributed by atoms with E-state index in [1.165, 1.54) is 38.2 Å². The molecule has 1 saturated heterocycles. The van der Waals surface area contributed by atoms with Gasteiger partial charge in [0.2, 0.25) is 0 Å². The summed E-state index contributed by atoms with van der Waals surface area (Å²) in [4.78, 5) is 2.38. The highest BCUT2D eigenvalue weighted by Gasteiger charge is 2.32. The largest absolute Gasteiger partial charge is 0.389 e. The molecule has 3 rings (SSSR count). The Hall–Kier alpha value is -1.09. The molecule has 2 aliphatic rings. The van der Waals surface area contributed by atoms with Crippen LogP contribution in [0.5, 0.6) is 0 Å². The van der Waals surface area contributed by atoms with Gasteiger partial charge in [-0.1, -0.05) is 19.3 Å². The van der Waals surface area contributed by atoms with Crippen molar-refractivity contribution in [1.29, 1.82) is 0 Å². The van der Waals surface area contributed by atoms with Crippen LogP contribution >= 0.6 is 0 Å². The smallest absolute Gasteiger partial charge is 0.126 e. The van der Waals surface area contributed by atoms with Gasteiger partial charge in [0.1, 0.15) is 5.82 Å². The van der Waals surface area contributed by atoms with E-state index in [0.29, 0.717) is 5.56 Å². The van der Waals surface area contributed by atoms with E-state index in [2.05, 4.69) is 4.90 Å². The molecular formula is C18H26FNO. The highest BCUT2D eigenvalue weighted by molar-refractivity contribution is 5.57. The topological polar surface area (TPSA) is 23.5 Å². The summed E-state index contributed by atoms with van der Waals surface area (Å²) in [6.45, 7) is 5.63. The molecule has 0 spiro atoms. The molecule has 1 saturated carbocycles. The number of rotatable bonds is 2. The lowest BCUT2D eigenvalue weighted by molar-refractivity contribution is 0.193.